The van der Waals surface area contributed by atoms with Crippen molar-refractivity contribution in [3.8, 4) is 27.7 Å². The Morgan fingerprint density at radius 3 is 2.52 bits per heavy atom. The molecule has 0 atom stereocenters. The normalized spacial score (nSPS) is 11.6. The summed E-state index contributed by atoms with van der Waals surface area (Å²) in [5.74, 6) is 1.43. The molecule has 0 bridgehead atoms. The fourth-order valence-corrected chi connectivity index (χ4v) is 3.05. The summed E-state index contributed by atoms with van der Waals surface area (Å²) in [6.07, 6.45) is 6.07. The molecule has 0 spiro atoms. The number of halogens is 1. The molecule has 6 heteroatoms. The maximum absolute atomic E-state index is 13.3. The lowest BCUT2D eigenvalue weighted by atomic mass is 10.0. The van der Waals surface area contributed by atoms with Gasteiger partial charge in [0.25, 0.3) is 0 Å². The van der Waals surface area contributed by atoms with Crippen LogP contribution in [0.1, 0.15) is 12.5 Å². The Labute approximate surface area is 151 Å². The number of methoxy groups -OCH3 is 3. The van der Waals surface area contributed by atoms with E-state index >= 15 is 0 Å². The van der Waals surface area contributed by atoms with E-state index in [4.69, 9.17) is 14.2 Å². The zero-order valence-electron chi connectivity index (χ0n) is 14.6. The van der Waals surface area contributed by atoms with Crippen LogP contribution in [0.25, 0.3) is 16.0 Å². The van der Waals surface area contributed by atoms with E-state index in [2.05, 4.69) is 11.0 Å². The Morgan fingerprint density at radius 1 is 1.16 bits per heavy atom. The molecule has 0 aliphatic rings. The quantitative estimate of drug-likeness (QED) is 0.629. The minimum absolute atomic E-state index is 0.327. The van der Waals surface area contributed by atoms with Crippen molar-refractivity contribution in [3.05, 3.63) is 54.5 Å². The van der Waals surface area contributed by atoms with Gasteiger partial charge < -0.3 is 14.2 Å². The van der Waals surface area contributed by atoms with E-state index < -0.39 is 0 Å². The molecule has 0 aliphatic carbocycles. The molecule has 0 saturated carbocycles. The minimum atomic E-state index is -0.327. The molecule has 0 unspecified atom stereocenters. The molecule has 0 N–H and O–H groups in total. The standard InChI is InChI=1S/C19H20FNO3S/c1-6-13(20)8-7-12(2)16-11-21-25-19(16)15-9-14(22-3)10-17(23-4)18(15)24-5/h6-11H,2H2,1,3-5H3/b8-7-,13-6+. The Hall–Kier alpha value is -2.60. The van der Waals surface area contributed by atoms with Crippen LogP contribution in [0.2, 0.25) is 0 Å². The van der Waals surface area contributed by atoms with Crippen molar-refractivity contribution in [2.24, 2.45) is 0 Å². The largest absolute Gasteiger partial charge is 0.497 e. The molecule has 0 fully saturated rings. The Bertz CT molecular complexity index is 824. The molecule has 0 aliphatic heterocycles. The smallest absolute Gasteiger partial charge is 0.169 e. The van der Waals surface area contributed by atoms with E-state index in [0.717, 1.165) is 16.0 Å². The average molecular weight is 361 g/mol. The van der Waals surface area contributed by atoms with Gasteiger partial charge in [0.1, 0.15) is 11.6 Å². The predicted molar refractivity (Wildman–Crippen MR) is 100 cm³/mol. The van der Waals surface area contributed by atoms with Gasteiger partial charge in [-0.05, 0) is 36.2 Å². The van der Waals surface area contributed by atoms with Gasteiger partial charge in [-0.3, -0.25) is 0 Å². The number of nitrogens with zero attached hydrogens (tertiary/aromatic N) is 1. The van der Waals surface area contributed by atoms with Gasteiger partial charge in [0, 0.05) is 23.4 Å². The first kappa shape index (κ1) is 18.7. The summed E-state index contributed by atoms with van der Waals surface area (Å²) in [6.45, 7) is 5.65. The highest BCUT2D eigenvalue weighted by Crippen LogP contribution is 2.45. The molecule has 4 nitrogen and oxygen atoms in total. The van der Waals surface area contributed by atoms with Crippen LogP contribution in [0.3, 0.4) is 0 Å². The molecular weight excluding hydrogens is 341 g/mol. The average Bonchev–Trinajstić information content (AvgIpc) is 3.14. The van der Waals surface area contributed by atoms with Crippen LogP contribution >= 0.6 is 11.5 Å². The number of rotatable bonds is 7. The SMILES string of the molecule is C=C(/C=C\C(F)=C/C)c1cnsc1-c1cc(OC)cc(OC)c1OC. The third-order valence-corrected chi connectivity index (χ3v) is 4.40. The molecule has 25 heavy (non-hydrogen) atoms. The van der Waals surface area contributed by atoms with E-state index in [1.165, 1.54) is 23.7 Å². The lowest BCUT2D eigenvalue weighted by Crippen LogP contribution is -1.95. The van der Waals surface area contributed by atoms with Gasteiger partial charge in [-0.25, -0.2) is 4.39 Å². The molecule has 0 amide bonds. The summed E-state index contributed by atoms with van der Waals surface area (Å²) in [5, 5.41) is 0. The number of hydrogen-bond donors (Lipinski definition) is 0. The van der Waals surface area contributed by atoms with E-state index in [-0.39, 0.29) is 5.83 Å². The van der Waals surface area contributed by atoms with Crippen LogP contribution in [-0.2, 0) is 0 Å². The first-order valence-corrected chi connectivity index (χ1v) is 8.27. The summed E-state index contributed by atoms with van der Waals surface area (Å²) in [6, 6.07) is 3.60. The number of benzene rings is 1. The van der Waals surface area contributed by atoms with Crippen molar-refractivity contribution < 1.29 is 18.6 Å². The Balaban J connectivity index is 2.56. The summed E-state index contributed by atoms with van der Waals surface area (Å²) in [4.78, 5) is 0.838. The molecule has 1 aromatic heterocycles. The van der Waals surface area contributed by atoms with E-state index in [9.17, 15) is 4.39 Å². The fourth-order valence-electron chi connectivity index (χ4n) is 2.25. The van der Waals surface area contributed by atoms with Crippen molar-refractivity contribution in [1.82, 2.24) is 4.37 Å². The van der Waals surface area contributed by atoms with Crippen LogP contribution in [0, 0.1) is 0 Å². The van der Waals surface area contributed by atoms with Gasteiger partial charge in [-0.1, -0.05) is 18.7 Å². The molecule has 2 aromatic rings. The highest BCUT2D eigenvalue weighted by atomic mass is 32.1. The maximum atomic E-state index is 13.3. The van der Waals surface area contributed by atoms with Gasteiger partial charge in [0.2, 0.25) is 0 Å². The highest BCUT2D eigenvalue weighted by molar-refractivity contribution is 7.10. The molecule has 1 aromatic carbocycles. The van der Waals surface area contributed by atoms with Crippen LogP contribution < -0.4 is 14.2 Å². The molecular formula is C19H20FNO3S. The minimum Gasteiger partial charge on any atom is -0.497 e. The van der Waals surface area contributed by atoms with Crippen LogP contribution in [0.4, 0.5) is 4.39 Å². The van der Waals surface area contributed by atoms with Gasteiger partial charge in [-0.2, -0.15) is 4.37 Å². The number of aromatic nitrogens is 1. The van der Waals surface area contributed by atoms with Crippen LogP contribution in [0.5, 0.6) is 17.2 Å². The Kier molecular flexibility index (Phi) is 6.36. The summed E-state index contributed by atoms with van der Waals surface area (Å²) in [5.41, 5.74) is 2.21. The lowest BCUT2D eigenvalue weighted by molar-refractivity contribution is 0.350. The zero-order chi connectivity index (χ0) is 18.4. The van der Waals surface area contributed by atoms with Crippen molar-refractivity contribution >= 4 is 17.1 Å². The summed E-state index contributed by atoms with van der Waals surface area (Å²) >= 11 is 1.29. The molecule has 0 saturated heterocycles. The lowest BCUT2D eigenvalue weighted by Gasteiger charge is -2.14. The van der Waals surface area contributed by atoms with Crippen LogP contribution in [0.15, 0.2) is 49.0 Å². The topological polar surface area (TPSA) is 40.6 Å². The van der Waals surface area contributed by atoms with Gasteiger partial charge in [-0.15, -0.1) is 0 Å². The van der Waals surface area contributed by atoms with Crippen molar-refractivity contribution in [3.63, 3.8) is 0 Å². The van der Waals surface area contributed by atoms with Gasteiger partial charge >= 0.3 is 0 Å². The van der Waals surface area contributed by atoms with E-state index in [1.807, 2.05) is 6.07 Å². The molecule has 132 valence electrons. The van der Waals surface area contributed by atoms with Crippen molar-refractivity contribution in [1.29, 1.82) is 0 Å². The second-order valence-electron chi connectivity index (χ2n) is 5.01. The van der Waals surface area contributed by atoms with Crippen molar-refractivity contribution in [2.75, 3.05) is 21.3 Å². The molecule has 1 heterocycles. The maximum Gasteiger partial charge on any atom is 0.169 e. The van der Waals surface area contributed by atoms with E-state index in [1.54, 1.807) is 46.6 Å². The first-order valence-electron chi connectivity index (χ1n) is 7.49. The predicted octanol–water partition coefficient (Wildman–Crippen LogP) is 5.28. The molecule has 2 rings (SSSR count). The van der Waals surface area contributed by atoms with Crippen LogP contribution in [-0.4, -0.2) is 25.7 Å². The summed E-state index contributed by atoms with van der Waals surface area (Å²) in [7, 11) is 4.72. The highest BCUT2D eigenvalue weighted by Gasteiger charge is 2.19. The fraction of sp³-hybridized carbons (Fsp3) is 0.211. The second-order valence-corrected chi connectivity index (χ2v) is 5.81. The number of ether oxygens (including phenoxy) is 3. The van der Waals surface area contributed by atoms with Crippen molar-refractivity contribution in [2.45, 2.75) is 6.92 Å². The first-order chi connectivity index (χ1) is 12.0. The number of allylic oxidation sites excluding steroid dienone is 5. The molecule has 0 radical (unpaired) electrons. The third-order valence-electron chi connectivity index (χ3n) is 3.57. The Morgan fingerprint density at radius 2 is 1.92 bits per heavy atom. The third kappa shape index (κ3) is 4.09. The number of hydrogen-bond acceptors (Lipinski definition) is 5. The van der Waals surface area contributed by atoms with Gasteiger partial charge in [0.05, 0.1) is 26.2 Å². The monoisotopic (exact) mass is 361 g/mol. The van der Waals surface area contributed by atoms with E-state index in [0.29, 0.717) is 22.8 Å². The van der Waals surface area contributed by atoms with Gasteiger partial charge in [0.15, 0.2) is 11.5 Å². The summed E-state index contributed by atoms with van der Waals surface area (Å²) < 4.78 is 33.9. The second kappa shape index (κ2) is 8.48. The zero-order valence-corrected chi connectivity index (χ0v) is 15.4.